The Morgan fingerprint density at radius 2 is 2.19 bits per heavy atom. The lowest BCUT2D eigenvalue weighted by Crippen LogP contribution is -2.47. The van der Waals surface area contributed by atoms with Crippen molar-refractivity contribution in [3.63, 3.8) is 0 Å². The largest absolute Gasteiger partial charge is 0.370 e. The fourth-order valence-corrected chi connectivity index (χ4v) is 1.95. The zero-order valence-corrected chi connectivity index (χ0v) is 9.79. The normalized spacial score (nSPS) is 23.2. The zero-order chi connectivity index (χ0) is 12.0. The van der Waals surface area contributed by atoms with Crippen LogP contribution in [0.2, 0.25) is 0 Å². The van der Waals surface area contributed by atoms with Crippen molar-refractivity contribution in [3.05, 3.63) is 0 Å². The second-order valence-corrected chi connectivity index (χ2v) is 4.44. The van der Waals surface area contributed by atoms with E-state index in [1.165, 1.54) is 6.42 Å². The molecule has 1 aliphatic rings. The molecule has 0 bridgehead atoms. The van der Waals surface area contributed by atoms with Gasteiger partial charge in [-0.3, -0.25) is 9.59 Å². The minimum Gasteiger partial charge on any atom is -0.370 e. The molecule has 0 radical (unpaired) electrons. The Kier molecular flexibility index (Phi) is 5.25. The summed E-state index contributed by atoms with van der Waals surface area (Å²) in [5, 5.41) is 6.02. The van der Waals surface area contributed by atoms with Gasteiger partial charge < -0.3 is 16.4 Å². The van der Waals surface area contributed by atoms with E-state index in [1.807, 2.05) is 0 Å². The van der Waals surface area contributed by atoms with Crippen LogP contribution in [0, 0.1) is 0 Å². The Hall–Kier alpha value is -1.10. The van der Waals surface area contributed by atoms with E-state index in [-0.39, 0.29) is 30.3 Å². The van der Waals surface area contributed by atoms with Gasteiger partial charge in [-0.2, -0.15) is 0 Å². The maximum Gasteiger partial charge on any atom is 0.237 e. The minimum atomic E-state index is -0.387. The Labute approximate surface area is 96.1 Å². The number of rotatable bonds is 4. The number of hydrogen-bond acceptors (Lipinski definition) is 3. The minimum absolute atomic E-state index is 0.0179. The summed E-state index contributed by atoms with van der Waals surface area (Å²) < 4.78 is 0. The first-order chi connectivity index (χ1) is 7.59. The molecule has 1 rings (SSSR count). The third-order valence-electron chi connectivity index (χ3n) is 2.77. The molecule has 1 heterocycles. The highest BCUT2D eigenvalue weighted by Crippen LogP contribution is 2.08. The number of nitrogens with two attached hydrogens (primary N) is 1. The third-order valence-corrected chi connectivity index (χ3v) is 2.77. The monoisotopic (exact) mass is 227 g/mol. The smallest absolute Gasteiger partial charge is 0.237 e. The highest BCUT2D eigenvalue weighted by atomic mass is 16.2. The van der Waals surface area contributed by atoms with Crippen molar-refractivity contribution in [1.29, 1.82) is 0 Å². The second-order valence-electron chi connectivity index (χ2n) is 4.44. The van der Waals surface area contributed by atoms with Crippen LogP contribution in [0.5, 0.6) is 0 Å². The van der Waals surface area contributed by atoms with Crippen molar-refractivity contribution < 1.29 is 9.59 Å². The fourth-order valence-electron chi connectivity index (χ4n) is 1.95. The van der Waals surface area contributed by atoms with Gasteiger partial charge in [0.25, 0.3) is 0 Å². The molecule has 1 fully saturated rings. The van der Waals surface area contributed by atoms with Gasteiger partial charge in [-0.15, -0.1) is 0 Å². The number of carbonyl (C=O) groups is 2. The molecule has 2 amide bonds. The Morgan fingerprint density at radius 1 is 1.44 bits per heavy atom. The molecule has 16 heavy (non-hydrogen) atoms. The summed E-state index contributed by atoms with van der Waals surface area (Å²) in [6, 6.07) is -0.298. The van der Waals surface area contributed by atoms with Gasteiger partial charge in [-0.1, -0.05) is 12.8 Å². The molecule has 0 aromatic heterocycles. The van der Waals surface area contributed by atoms with Gasteiger partial charge in [0.05, 0.1) is 6.04 Å². The molecule has 0 aliphatic carbocycles. The fraction of sp³-hybridized carbons (Fsp3) is 0.818. The first kappa shape index (κ1) is 13.0. The van der Waals surface area contributed by atoms with E-state index in [0.29, 0.717) is 0 Å². The van der Waals surface area contributed by atoms with Crippen LogP contribution in [0.1, 0.15) is 39.0 Å². The van der Waals surface area contributed by atoms with Crippen LogP contribution >= 0.6 is 0 Å². The van der Waals surface area contributed by atoms with Crippen LogP contribution in [0.25, 0.3) is 0 Å². The highest BCUT2D eigenvalue weighted by molar-refractivity contribution is 5.83. The average molecular weight is 227 g/mol. The number of nitrogens with one attached hydrogen (secondary N) is 2. The number of hydrogen-bond donors (Lipinski definition) is 3. The third kappa shape index (κ3) is 4.61. The quantitative estimate of drug-likeness (QED) is 0.627. The Balaban J connectivity index is 2.34. The van der Waals surface area contributed by atoms with E-state index >= 15 is 0 Å². The van der Waals surface area contributed by atoms with Gasteiger partial charge >= 0.3 is 0 Å². The predicted octanol–water partition coefficient (Wildman–Crippen LogP) is -0.101. The van der Waals surface area contributed by atoms with Crippen molar-refractivity contribution in [1.82, 2.24) is 10.6 Å². The standard InChI is InChI=1S/C11H21N3O2/c1-8(7-10(12)15)14-11(16)9-5-3-2-4-6-13-9/h8-9,13H,2-7H2,1H3,(H2,12,15)(H,14,16). The lowest BCUT2D eigenvalue weighted by atomic mass is 10.1. The van der Waals surface area contributed by atoms with E-state index < -0.39 is 0 Å². The Bertz CT molecular complexity index is 248. The maximum atomic E-state index is 11.8. The first-order valence-electron chi connectivity index (χ1n) is 5.91. The summed E-state index contributed by atoms with van der Waals surface area (Å²) in [5.74, 6) is -0.405. The van der Waals surface area contributed by atoms with E-state index in [1.54, 1.807) is 6.92 Å². The van der Waals surface area contributed by atoms with Gasteiger partial charge in [-0.05, 0) is 26.3 Å². The Morgan fingerprint density at radius 3 is 2.88 bits per heavy atom. The summed E-state index contributed by atoms with van der Waals surface area (Å²) >= 11 is 0. The van der Waals surface area contributed by atoms with Crippen LogP contribution < -0.4 is 16.4 Å². The highest BCUT2D eigenvalue weighted by Gasteiger charge is 2.20. The van der Waals surface area contributed by atoms with Crippen LogP contribution in [0.4, 0.5) is 0 Å². The van der Waals surface area contributed by atoms with Crippen molar-refractivity contribution in [3.8, 4) is 0 Å². The van der Waals surface area contributed by atoms with Crippen LogP contribution in [0.15, 0.2) is 0 Å². The molecule has 0 saturated carbocycles. The summed E-state index contributed by atoms with van der Waals surface area (Å²) in [7, 11) is 0. The van der Waals surface area contributed by atoms with E-state index in [2.05, 4.69) is 10.6 Å². The summed E-state index contributed by atoms with van der Waals surface area (Å²) in [6.07, 6.45) is 4.44. The first-order valence-corrected chi connectivity index (χ1v) is 5.91. The van der Waals surface area contributed by atoms with Gasteiger partial charge in [-0.25, -0.2) is 0 Å². The lowest BCUT2D eigenvalue weighted by molar-refractivity contribution is -0.124. The number of primary amides is 1. The van der Waals surface area contributed by atoms with Gasteiger partial charge in [0, 0.05) is 12.5 Å². The predicted molar refractivity (Wildman–Crippen MR) is 61.7 cm³/mol. The van der Waals surface area contributed by atoms with Crippen LogP contribution in [-0.4, -0.2) is 30.4 Å². The molecule has 1 aliphatic heterocycles. The average Bonchev–Trinajstić information content (AvgIpc) is 2.43. The number of carbonyl (C=O) groups excluding carboxylic acids is 2. The van der Waals surface area contributed by atoms with Crippen LogP contribution in [0.3, 0.4) is 0 Å². The van der Waals surface area contributed by atoms with Gasteiger partial charge in [0.1, 0.15) is 0 Å². The zero-order valence-electron chi connectivity index (χ0n) is 9.79. The molecule has 0 aromatic carbocycles. The molecular formula is C11H21N3O2. The topological polar surface area (TPSA) is 84.2 Å². The maximum absolute atomic E-state index is 11.8. The van der Waals surface area contributed by atoms with Crippen molar-refractivity contribution >= 4 is 11.8 Å². The van der Waals surface area contributed by atoms with Crippen LogP contribution in [-0.2, 0) is 9.59 Å². The molecule has 2 atom stereocenters. The SMILES string of the molecule is CC(CC(N)=O)NC(=O)C1CCCCCN1. The lowest BCUT2D eigenvalue weighted by Gasteiger charge is -2.18. The molecule has 5 nitrogen and oxygen atoms in total. The summed E-state index contributed by atoms with van der Waals surface area (Å²) in [4.78, 5) is 22.5. The van der Waals surface area contributed by atoms with Crippen molar-refractivity contribution in [2.75, 3.05) is 6.54 Å². The van der Waals surface area contributed by atoms with E-state index in [4.69, 9.17) is 5.73 Å². The molecular weight excluding hydrogens is 206 g/mol. The molecule has 0 spiro atoms. The number of amides is 2. The van der Waals surface area contributed by atoms with Crippen molar-refractivity contribution in [2.24, 2.45) is 5.73 Å². The molecule has 2 unspecified atom stereocenters. The molecule has 5 heteroatoms. The van der Waals surface area contributed by atoms with E-state index in [9.17, 15) is 9.59 Å². The summed E-state index contributed by atoms with van der Waals surface area (Å²) in [6.45, 7) is 2.68. The van der Waals surface area contributed by atoms with Gasteiger partial charge in [0.2, 0.25) is 11.8 Å². The summed E-state index contributed by atoms with van der Waals surface area (Å²) in [5.41, 5.74) is 5.07. The van der Waals surface area contributed by atoms with E-state index in [0.717, 1.165) is 25.8 Å². The molecule has 92 valence electrons. The van der Waals surface area contributed by atoms with Gasteiger partial charge in [0.15, 0.2) is 0 Å². The van der Waals surface area contributed by atoms with Crippen molar-refractivity contribution in [2.45, 2.75) is 51.1 Å². The molecule has 0 aromatic rings. The molecule has 1 saturated heterocycles. The second kappa shape index (κ2) is 6.48. The molecule has 4 N–H and O–H groups in total.